The van der Waals surface area contributed by atoms with E-state index in [-0.39, 0.29) is 0 Å². The molecule has 2 heterocycles. The minimum Gasteiger partial charge on any atom is -0.367 e. The molecule has 4 nitrogen and oxygen atoms in total. The lowest BCUT2D eigenvalue weighted by Crippen LogP contribution is -2.45. The van der Waals surface area contributed by atoms with Gasteiger partial charge >= 0.3 is 0 Å². The van der Waals surface area contributed by atoms with Gasteiger partial charge in [0.2, 0.25) is 6.41 Å². The molecule has 0 N–H and O–H groups in total. The van der Waals surface area contributed by atoms with Crippen LogP contribution in [0.15, 0.2) is 36.5 Å². The summed E-state index contributed by atoms with van der Waals surface area (Å²) in [5.74, 6) is 0. The van der Waals surface area contributed by atoms with Crippen molar-refractivity contribution in [2.45, 2.75) is 0 Å². The number of carbonyl (C=O) groups excluding carboxylic acids is 1. The fraction of sp³-hybridized carbons (Fsp3) is 0.286. The van der Waals surface area contributed by atoms with Crippen LogP contribution in [0.1, 0.15) is 0 Å². The number of pyridine rings is 1. The Morgan fingerprint density at radius 2 is 1.83 bits per heavy atom. The first-order valence-electron chi connectivity index (χ1n) is 6.16. The van der Waals surface area contributed by atoms with Crippen LogP contribution in [0.25, 0.3) is 10.9 Å². The van der Waals surface area contributed by atoms with Crippen LogP contribution in [-0.2, 0) is 4.79 Å². The van der Waals surface area contributed by atoms with E-state index in [0.29, 0.717) is 0 Å². The van der Waals surface area contributed by atoms with Gasteiger partial charge in [0, 0.05) is 43.4 Å². The normalized spacial score (nSPS) is 16.0. The Balaban J connectivity index is 1.93. The van der Waals surface area contributed by atoms with Gasteiger partial charge in [-0.25, -0.2) is 0 Å². The standard InChI is InChI=1S/C14H15N3O/c18-11-16-7-9-17(10-8-16)14-5-6-15-13-4-2-1-3-12(13)14/h1-6,11H,7-10H2. The largest absolute Gasteiger partial charge is 0.367 e. The maximum atomic E-state index is 10.7. The third kappa shape index (κ3) is 1.90. The van der Waals surface area contributed by atoms with Crippen LogP contribution in [0.2, 0.25) is 0 Å². The summed E-state index contributed by atoms with van der Waals surface area (Å²) < 4.78 is 0. The van der Waals surface area contributed by atoms with E-state index in [4.69, 9.17) is 0 Å². The van der Waals surface area contributed by atoms with Crippen molar-refractivity contribution in [2.75, 3.05) is 31.1 Å². The first-order chi connectivity index (χ1) is 8.88. The molecule has 1 saturated heterocycles. The molecule has 92 valence electrons. The number of aromatic nitrogens is 1. The van der Waals surface area contributed by atoms with E-state index in [1.807, 2.05) is 29.3 Å². The van der Waals surface area contributed by atoms with Crippen molar-refractivity contribution in [3.05, 3.63) is 36.5 Å². The van der Waals surface area contributed by atoms with Gasteiger partial charge in [0.1, 0.15) is 0 Å². The number of hydrogen-bond donors (Lipinski definition) is 0. The third-order valence-electron chi connectivity index (χ3n) is 3.43. The van der Waals surface area contributed by atoms with Gasteiger partial charge in [-0.15, -0.1) is 0 Å². The summed E-state index contributed by atoms with van der Waals surface area (Å²) in [5, 5.41) is 1.18. The summed E-state index contributed by atoms with van der Waals surface area (Å²) >= 11 is 0. The van der Waals surface area contributed by atoms with Crippen LogP contribution in [-0.4, -0.2) is 42.5 Å². The van der Waals surface area contributed by atoms with Gasteiger partial charge in [-0.1, -0.05) is 18.2 Å². The van der Waals surface area contributed by atoms with Crippen molar-refractivity contribution in [3.8, 4) is 0 Å². The Kier molecular flexibility index (Phi) is 2.84. The molecule has 4 heteroatoms. The molecule has 0 spiro atoms. The SMILES string of the molecule is O=CN1CCN(c2ccnc3ccccc23)CC1. The molecule has 1 amide bonds. The van der Waals surface area contributed by atoms with E-state index in [1.54, 1.807) is 0 Å². The topological polar surface area (TPSA) is 36.4 Å². The molecule has 1 aliphatic heterocycles. The number of hydrogen-bond acceptors (Lipinski definition) is 3. The Morgan fingerprint density at radius 3 is 2.61 bits per heavy atom. The Hall–Kier alpha value is -2.10. The number of benzene rings is 1. The van der Waals surface area contributed by atoms with Crippen molar-refractivity contribution < 1.29 is 4.79 Å². The van der Waals surface area contributed by atoms with Gasteiger partial charge in [-0.2, -0.15) is 0 Å². The molecule has 0 bridgehead atoms. The molecule has 3 rings (SSSR count). The number of anilines is 1. The second-order valence-electron chi connectivity index (χ2n) is 4.48. The summed E-state index contributed by atoms with van der Waals surface area (Å²) in [6.45, 7) is 3.35. The van der Waals surface area contributed by atoms with Gasteiger partial charge in [0.05, 0.1) is 5.52 Å². The molecular formula is C14H15N3O. The number of rotatable bonds is 2. The van der Waals surface area contributed by atoms with Crippen LogP contribution in [0.3, 0.4) is 0 Å². The second-order valence-corrected chi connectivity index (χ2v) is 4.48. The van der Waals surface area contributed by atoms with Gasteiger partial charge in [-0.05, 0) is 12.1 Å². The first-order valence-corrected chi connectivity index (χ1v) is 6.16. The highest BCUT2D eigenvalue weighted by Crippen LogP contribution is 2.25. The van der Waals surface area contributed by atoms with Gasteiger partial charge in [0.15, 0.2) is 0 Å². The summed E-state index contributed by atoms with van der Waals surface area (Å²) in [6.07, 6.45) is 2.78. The van der Waals surface area contributed by atoms with Gasteiger partial charge in [-0.3, -0.25) is 9.78 Å². The van der Waals surface area contributed by atoms with Crippen molar-refractivity contribution in [2.24, 2.45) is 0 Å². The average molecular weight is 241 g/mol. The predicted octanol–water partition coefficient (Wildman–Crippen LogP) is 1.51. The molecule has 0 atom stereocenters. The zero-order valence-corrected chi connectivity index (χ0v) is 10.1. The van der Waals surface area contributed by atoms with Crippen LogP contribution in [0.5, 0.6) is 0 Å². The molecule has 1 aromatic carbocycles. The van der Waals surface area contributed by atoms with E-state index >= 15 is 0 Å². The summed E-state index contributed by atoms with van der Waals surface area (Å²) in [5.41, 5.74) is 2.24. The van der Waals surface area contributed by atoms with Crippen LogP contribution < -0.4 is 4.90 Å². The zero-order chi connectivity index (χ0) is 12.4. The zero-order valence-electron chi connectivity index (χ0n) is 10.1. The van der Waals surface area contributed by atoms with Crippen molar-refractivity contribution >= 4 is 23.0 Å². The number of carbonyl (C=O) groups is 1. The van der Waals surface area contributed by atoms with Crippen molar-refractivity contribution in [1.82, 2.24) is 9.88 Å². The molecule has 0 aliphatic carbocycles. The number of fused-ring (bicyclic) bond motifs is 1. The highest BCUT2D eigenvalue weighted by atomic mass is 16.1. The van der Waals surface area contributed by atoms with Crippen molar-refractivity contribution in [3.63, 3.8) is 0 Å². The van der Waals surface area contributed by atoms with Crippen LogP contribution in [0, 0.1) is 0 Å². The van der Waals surface area contributed by atoms with E-state index in [2.05, 4.69) is 22.0 Å². The fourth-order valence-corrected chi connectivity index (χ4v) is 2.42. The van der Waals surface area contributed by atoms with E-state index in [0.717, 1.165) is 38.1 Å². The van der Waals surface area contributed by atoms with Crippen LogP contribution in [0.4, 0.5) is 5.69 Å². The Morgan fingerprint density at radius 1 is 1.06 bits per heavy atom. The fourth-order valence-electron chi connectivity index (χ4n) is 2.42. The number of piperazine rings is 1. The highest BCUT2D eigenvalue weighted by molar-refractivity contribution is 5.91. The lowest BCUT2D eigenvalue weighted by atomic mass is 10.1. The molecular weight excluding hydrogens is 226 g/mol. The molecule has 1 aliphatic rings. The van der Waals surface area contributed by atoms with Crippen molar-refractivity contribution in [1.29, 1.82) is 0 Å². The monoisotopic (exact) mass is 241 g/mol. The Labute approximate surface area is 106 Å². The molecule has 2 aromatic rings. The lowest BCUT2D eigenvalue weighted by molar-refractivity contribution is -0.118. The molecule has 18 heavy (non-hydrogen) atoms. The second kappa shape index (κ2) is 4.64. The number of nitrogens with zero attached hydrogens (tertiary/aromatic N) is 3. The average Bonchev–Trinajstić information content (AvgIpc) is 2.47. The molecule has 1 fully saturated rings. The predicted molar refractivity (Wildman–Crippen MR) is 71.6 cm³/mol. The first kappa shape index (κ1) is 11.0. The maximum Gasteiger partial charge on any atom is 0.209 e. The minimum absolute atomic E-state index is 0.792. The Bertz CT molecular complexity index is 556. The maximum absolute atomic E-state index is 10.7. The van der Waals surface area contributed by atoms with Gasteiger partial charge in [0.25, 0.3) is 0 Å². The van der Waals surface area contributed by atoms with E-state index < -0.39 is 0 Å². The number of para-hydroxylation sites is 1. The summed E-state index contributed by atoms with van der Waals surface area (Å²) in [7, 11) is 0. The molecule has 1 aromatic heterocycles. The highest BCUT2D eigenvalue weighted by Gasteiger charge is 2.17. The molecule has 0 saturated carbocycles. The lowest BCUT2D eigenvalue weighted by Gasteiger charge is -2.34. The number of amides is 1. The summed E-state index contributed by atoms with van der Waals surface area (Å²) in [4.78, 5) is 19.2. The van der Waals surface area contributed by atoms with Gasteiger partial charge < -0.3 is 9.80 Å². The minimum atomic E-state index is 0.792. The molecule has 0 unspecified atom stereocenters. The van der Waals surface area contributed by atoms with E-state index in [9.17, 15) is 4.79 Å². The quantitative estimate of drug-likeness (QED) is 0.748. The van der Waals surface area contributed by atoms with E-state index in [1.165, 1.54) is 11.1 Å². The smallest absolute Gasteiger partial charge is 0.209 e. The molecule has 0 radical (unpaired) electrons. The van der Waals surface area contributed by atoms with Crippen LogP contribution >= 0.6 is 0 Å². The third-order valence-corrected chi connectivity index (χ3v) is 3.43. The summed E-state index contributed by atoms with van der Waals surface area (Å²) in [6, 6.07) is 10.2.